The van der Waals surface area contributed by atoms with E-state index in [1.165, 1.54) is 0 Å². The fourth-order valence-corrected chi connectivity index (χ4v) is 4.33. The number of nitrogens with one attached hydrogen (secondary N) is 1. The van der Waals surface area contributed by atoms with E-state index in [-0.39, 0.29) is 12.6 Å². The second kappa shape index (κ2) is 8.64. The molecule has 0 bridgehead atoms. The number of hydrogen-bond acceptors (Lipinski definition) is 5. The number of aromatic nitrogens is 2. The Morgan fingerprint density at radius 3 is 2.48 bits per heavy atom. The zero-order valence-corrected chi connectivity index (χ0v) is 19.0. The number of carbonyl (C=O) groups is 1. The molecule has 4 aromatic rings. The molecule has 1 N–H and O–H groups in total. The predicted octanol–water partition coefficient (Wildman–Crippen LogP) is 5.69. The lowest BCUT2D eigenvalue weighted by molar-refractivity contribution is -0.138. The number of benzene rings is 3. The molecule has 1 aromatic heterocycles. The first-order valence-corrected chi connectivity index (χ1v) is 11.0. The maximum atomic E-state index is 13.4. The Kier molecular flexibility index (Phi) is 5.52. The molecule has 0 unspecified atom stereocenters. The molecular formula is C26H22ClN3O3. The fraction of sp³-hybridized carbons (Fsp3) is 0.154. The third kappa shape index (κ3) is 3.72. The van der Waals surface area contributed by atoms with Gasteiger partial charge in [-0.05, 0) is 66.6 Å². The minimum Gasteiger partial charge on any atom is -0.497 e. The number of methoxy groups -OCH3 is 1. The van der Waals surface area contributed by atoms with E-state index in [9.17, 15) is 4.79 Å². The SMILES string of the molecule is CCOC(=O)C1=C(c2ccc(OC)cc2)Nc2nc3ccccc3n2[C@@H]1c1ccc(Cl)cc1. The number of nitrogens with zero attached hydrogens (tertiary/aromatic N) is 2. The highest BCUT2D eigenvalue weighted by atomic mass is 35.5. The number of imidazole rings is 1. The minimum absolute atomic E-state index is 0.267. The lowest BCUT2D eigenvalue weighted by Gasteiger charge is -2.31. The summed E-state index contributed by atoms with van der Waals surface area (Å²) >= 11 is 6.18. The molecule has 7 heteroatoms. The van der Waals surface area contributed by atoms with E-state index in [0.717, 1.165) is 27.9 Å². The molecule has 0 aliphatic carbocycles. The second-order valence-corrected chi connectivity index (χ2v) is 8.05. The van der Waals surface area contributed by atoms with Crippen LogP contribution in [-0.4, -0.2) is 29.2 Å². The van der Waals surface area contributed by atoms with Crippen molar-refractivity contribution in [2.45, 2.75) is 13.0 Å². The molecule has 5 rings (SSSR count). The monoisotopic (exact) mass is 459 g/mol. The molecule has 6 nitrogen and oxygen atoms in total. The number of halogens is 1. The summed E-state index contributed by atoms with van der Waals surface area (Å²) in [6.45, 7) is 2.07. The van der Waals surface area contributed by atoms with Gasteiger partial charge in [0.2, 0.25) is 5.95 Å². The number of ether oxygens (including phenoxy) is 2. The number of para-hydroxylation sites is 2. The van der Waals surface area contributed by atoms with Crippen LogP contribution in [0.2, 0.25) is 5.02 Å². The molecule has 1 aliphatic heterocycles. The highest BCUT2D eigenvalue weighted by Crippen LogP contribution is 2.42. The van der Waals surface area contributed by atoms with Crippen molar-refractivity contribution < 1.29 is 14.3 Å². The van der Waals surface area contributed by atoms with E-state index in [4.69, 9.17) is 26.1 Å². The van der Waals surface area contributed by atoms with Crippen LogP contribution in [0.5, 0.6) is 5.75 Å². The Balaban J connectivity index is 1.80. The van der Waals surface area contributed by atoms with Crippen LogP contribution in [0.1, 0.15) is 24.1 Å². The van der Waals surface area contributed by atoms with Crippen LogP contribution >= 0.6 is 11.6 Å². The van der Waals surface area contributed by atoms with Crippen molar-refractivity contribution in [3.63, 3.8) is 0 Å². The van der Waals surface area contributed by atoms with Crippen molar-refractivity contribution in [3.8, 4) is 5.75 Å². The Morgan fingerprint density at radius 1 is 1.06 bits per heavy atom. The molecule has 3 aromatic carbocycles. The average molecular weight is 460 g/mol. The van der Waals surface area contributed by atoms with Gasteiger partial charge in [0.15, 0.2) is 0 Å². The lowest BCUT2D eigenvalue weighted by Crippen LogP contribution is -2.29. The third-order valence-corrected chi connectivity index (χ3v) is 5.95. The van der Waals surface area contributed by atoms with Crippen molar-refractivity contribution in [1.29, 1.82) is 0 Å². The number of carbonyl (C=O) groups excluding carboxylic acids is 1. The van der Waals surface area contributed by atoms with E-state index in [1.807, 2.05) is 77.4 Å². The zero-order chi connectivity index (χ0) is 22.9. The summed E-state index contributed by atoms with van der Waals surface area (Å²) in [7, 11) is 1.62. The van der Waals surface area contributed by atoms with Gasteiger partial charge in [-0.15, -0.1) is 0 Å². The molecule has 0 radical (unpaired) electrons. The molecule has 0 spiro atoms. The summed E-state index contributed by atoms with van der Waals surface area (Å²) in [6, 6.07) is 22.5. The van der Waals surface area contributed by atoms with Crippen LogP contribution < -0.4 is 10.1 Å². The number of fused-ring (bicyclic) bond motifs is 3. The van der Waals surface area contributed by atoms with Crippen LogP contribution in [0.4, 0.5) is 5.95 Å². The molecule has 1 aliphatic rings. The highest BCUT2D eigenvalue weighted by molar-refractivity contribution is 6.30. The molecule has 33 heavy (non-hydrogen) atoms. The molecular weight excluding hydrogens is 438 g/mol. The Labute approximate surface area is 196 Å². The number of rotatable bonds is 5. The van der Waals surface area contributed by atoms with Gasteiger partial charge in [0.05, 0.1) is 42.1 Å². The molecule has 0 saturated heterocycles. The smallest absolute Gasteiger partial charge is 0.338 e. The van der Waals surface area contributed by atoms with Gasteiger partial charge in [-0.1, -0.05) is 35.9 Å². The van der Waals surface area contributed by atoms with Crippen molar-refractivity contribution in [1.82, 2.24) is 9.55 Å². The van der Waals surface area contributed by atoms with Crippen LogP contribution in [0.3, 0.4) is 0 Å². The third-order valence-electron chi connectivity index (χ3n) is 5.69. The van der Waals surface area contributed by atoms with Crippen LogP contribution in [-0.2, 0) is 9.53 Å². The number of hydrogen-bond donors (Lipinski definition) is 1. The van der Waals surface area contributed by atoms with Gasteiger partial charge in [-0.25, -0.2) is 9.78 Å². The predicted molar refractivity (Wildman–Crippen MR) is 129 cm³/mol. The average Bonchev–Trinajstić information content (AvgIpc) is 3.22. The summed E-state index contributed by atoms with van der Waals surface area (Å²) in [5.74, 6) is 0.989. The Bertz CT molecular complexity index is 1360. The topological polar surface area (TPSA) is 65.4 Å². The van der Waals surface area contributed by atoms with Crippen molar-refractivity contribution >= 4 is 40.2 Å². The van der Waals surface area contributed by atoms with Gasteiger partial charge in [0.1, 0.15) is 5.75 Å². The number of anilines is 1. The van der Waals surface area contributed by atoms with Gasteiger partial charge in [0, 0.05) is 5.02 Å². The summed E-state index contributed by atoms with van der Waals surface area (Å²) < 4.78 is 12.9. The van der Waals surface area contributed by atoms with Gasteiger partial charge in [-0.3, -0.25) is 4.57 Å². The lowest BCUT2D eigenvalue weighted by atomic mass is 9.92. The minimum atomic E-state index is -0.456. The highest BCUT2D eigenvalue weighted by Gasteiger charge is 2.36. The summed E-state index contributed by atoms with van der Waals surface area (Å²) in [6.07, 6.45) is 0. The number of esters is 1. The molecule has 0 fully saturated rings. The molecule has 0 amide bonds. The maximum absolute atomic E-state index is 13.4. The standard InChI is InChI=1S/C26H22ClN3O3/c1-3-33-25(31)22-23(16-10-14-19(32-2)15-11-16)29-26-28-20-6-4-5-7-21(20)30(26)24(22)17-8-12-18(27)13-9-17/h4-15,24H,3H2,1-2H3,(H,28,29)/t24-/m1/s1. The molecule has 166 valence electrons. The Hall–Kier alpha value is -3.77. The first kappa shape index (κ1) is 21.1. The largest absolute Gasteiger partial charge is 0.497 e. The quantitative estimate of drug-likeness (QED) is 0.388. The van der Waals surface area contributed by atoms with Gasteiger partial charge >= 0.3 is 5.97 Å². The molecule has 2 heterocycles. The van der Waals surface area contributed by atoms with Crippen molar-refractivity contribution in [3.05, 3.63) is 94.5 Å². The van der Waals surface area contributed by atoms with E-state index in [0.29, 0.717) is 22.2 Å². The van der Waals surface area contributed by atoms with Crippen LogP contribution in [0.25, 0.3) is 16.7 Å². The summed E-state index contributed by atoms with van der Waals surface area (Å²) in [5.41, 5.74) is 4.63. The summed E-state index contributed by atoms with van der Waals surface area (Å²) in [5, 5.41) is 4.03. The van der Waals surface area contributed by atoms with Gasteiger partial charge in [-0.2, -0.15) is 0 Å². The fourth-order valence-electron chi connectivity index (χ4n) is 4.21. The van der Waals surface area contributed by atoms with Gasteiger partial charge < -0.3 is 14.8 Å². The van der Waals surface area contributed by atoms with Gasteiger partial charge in [0.25, 0.3) is 0 Å². The zero-order valence-electron chi connectivity index (χ0n) is 18.2. The van der Waals surface area contributed by atoms with E-state index in [1.54, 1.807) is 14.0 Å². The van der Waals surface area contributed by atoms with E-state index in [2.05, 4.69) is 5.32 Å². The van der Waals surface area contributed by atoms with Crippen LogP contribution in [0, 0.1) is 0 Å². The maximum Gasteiger partial charge on any atom is 0.338 e. The first-order chi connectivity index (χ1) is 16.1. The second-order valence-electron chi connectivity index (χ2n) is 7.61. The van der Waals surface area contributed by atoms with E-state index < -0.39 is 6.04 Å². The normalized spacial score (nSPS) is 15.2. The first-order valence-electron chi connectivity index (χ1n) is 10.7. The van der Waals surface area contributed by atoms with E-state index >= 15 is 0 Å². The molecule has 1 atom stereocenters. The van der Waals surface area contributed by atoms with Crippen molar-refractivity contribution in [2.24, 2.45) is 0 Å². The summed E-state index contributed by atoms with van der Waals surface area (Å²) in [4.78, 5) is 18.2. The Morgan fingerprint density at radius 2 is 1.79 bits per heavy atom. The van der Waals surface area contributed by atoms with Crippen LogP contribution in [0.15, 0.2) is 78.4 Å². The van der Waals surface area contributed by atoms with Crippen molar-refractivity contribution in [2.75, 3.05) is 19.0 Å². The molecule has 0 saturated carbocycles.